The zero-order valence-corrected chi connectivity index (χ0v) is 11.2. The minimum atomic E-state index is -2.55. The van der Waals surface area contributed by atoms with Crippen molar-refractivity contribution in [3.05, 3.63) is 48.0 Å². The molecule has 1 unspecified atom stereocenters. The molecule has 0 saturated heterocycles. The molecule has 2 aromatic rings. The third-order valence-electron chi connectivity index (χ3n) is 4.35. The Morgan fingerprint density at radius 3 is 2.40 bits per heavy atom. The van der Waals surface area contributed by atoms with Crippen LogP contribution in [-0.4, -0.2) is 11.0 Å². The molecule has 20 heavy (non-hydrogen) atoms. The van der Waals surface area contributed by atoms with Crippen LogP contribution in [0.2, 0.25) is 0 Å². The summed E-state index contributed by atoms with van der Waals surface area (Å²) in [5, 5.41) is 12.7. The molecule has 0 spiro atoms. The molecule has 1 nitrogen and oxygen atoms in total. The Bertz CT molecular complexity index is 593. The highest BCUT2D eigenvalue weighted by atomic mass is 19.3. The Labute approximate surface area is 117 Å². The van der Waals surface area contributed by atoms with Crippen molar-refractivity contribution in [2.45, 2.75) is 37.7 Å². The lowest BCUT2D eigenvalue weighted by molar-refractivity contribution is -0.0625. The van der Waals surface area contributed by atoms with E-state index in [-0.39, 0.29) is 18.8 Å². The minimum absolute atomic E-state index is 0.0690. The van der Waals surface area contributed by atoms with Crippen molar-refractivity contribution in [2.24, 2.45) is 5.92 Å². The monoisotopic (exact) mass is 276 g/mol. The van der Waals surface area contributed by atoms with Gasteiger partial charge in [-0.2, -0.15) is 0 Å². The highest BCUT2D eigenvalue weighted by Crippen LogP contribution is 2.42. The fraction of sp³-hybridized carbons (Fsp3) is 0.412. The highest BCUT2D eigenvalue weighted by molar-refractivity contribution is 5.85. The number of benzene rings is 2. The van der Waals surface area contributed by atoms with Gasteiger partial charge in [0.2, 0.25) is 5.92 Å². The molecule has 1 atom stereocenters. The van der Waals surface area contributed by atoms with Crippen molar-refractivity contribution in [1.82, 2.24) is 0 Å². The summed E-state index contributed by atoms with van der Waals surface area (Å²) in [6.07, 6.45) is -0.106. The van der Waals surface area contributed by atoms with Crippen molar-refractivity contribution in [3.8, 4) is 0 Å². The fourth-order valence-electron chi connectivity index (χ4n) is 3.14. The van der Waals surface area contributed by atoms with Gasteiger partial charge in [0, 0.05) is 12.8 Å². The fourth-order valence-corrected chi connectivity index (χ4v) is 3.14. The summed E-state index contributed by atoms with van der Waals surface area (Å²) < 4.78 is 26.4. The largest absolute Gasteiger partial charge is 0.388 e. The molecule has 0 amide bonds. The third-order valence-corrected chi connectivity index (χ3v) is 4.35. The zero-order chi connectivity index (χ0) is 14.2. The molecule has 0 aromatic heterocycles. The number of hydrogen-bond donors (Lipinski definition) is 1. The predicted molar refractivity (Wildman–Crippen MR) is 75.8 cm³/mol. The van der Waals surface area contributed by atoms with E-state index in [1.807, 2.05) is 42.5 Å². The molecular formula is C17H18F2O. The molecule has 3 heteroatoms. The summed E-state index contributed by atoms with van der Waals surface area (Å²) in [5.41, 5.74) is 0.860. The molecule has 0 bridgehead atoms. The van der Waals surface area contributed by atoms with Gasteiger partial charge in [0.15, 0.2) is 0 Å². The van der Waals surface area contributed by atoms with Gasteiger partial charge >= 0.3 is 0 Å². The van der Waals surface area contributed by atoms with Crippen LogP contribution < -0.4 is 0 Å². The second-order valence-corrected chi connectivity index (χ2v) is 5.71. The summed E-state index contributed by atoms with van der Waals surface area (Å²) in [4.78, 5) is 0. The van der Waals surface area contributed by atoms with Crippen molar-refractivity contribution >= 4 is 10.8 Å². The first-order valence-electron chi connectivity index (χ1n) is 7.10. The first-order chi connectivity index (χ1) is 9.57. The molecule has 0 radical (unpaired) electrons. The first-order valence-corrected chi connectivity index (χ1v) is 7.10. The number of hydrogen-bond acceptors (Lipinski definition) is 1. The Morgan fingerprint density at radius 2 is 1.65 bits per heavy atom. The van der Waals surface area contributed by atoms with E-state index in [2.05, 4.69) is 0 Å². The second-order valence-electron chi connectivity index (χ2n) is 5.71. The van der Waals surface area contributed by atoms with Gasteiger partial charge in [0.1, 0.15) is 0 Å². The van der Waals surface area contributed by atoms with E-state index in [4.69, 9.17) is 0 Å². The van der Waals surface area contributed by atoms with Crippen LogP contribution in [0.15, 0.2) is 42.5 Å². The van der Waals surface area contributed by atoms with Crippen LogP contribution in [0.4, 0.5) is 8.78 Å². The Kier molecular flexibility index (Phi) is 3.47. The number of alkyl halides is 2. The van der Waals surface area contributed by atoms with Gasteiger partial charge in [-0.15, -0.1) is 0 Å². The smallest absolute Gasteiger partial charge is 0.248 e. The normalized spacial score (nSPS) is 20.9. The summed E-state index contributed by atoms with van der Waals surface area (Å²) in [5.74, 6) is -2.62. The number of halogens is 2. The summed E-state index contributed by atoms with van der Waals surface area (Å²) in [7, 11) is 0. The number of aliphatic hydroxyl groups is 1. The van der Waals surface area contributed by atoms with Gasteiger partial charge in [0.25, 0.3) is 0 Å². The van der Waals surface area contributed by atoms with E-state index in [1.54, 1.807) is 0 Å². The molecule has 1 aliphatic rings. The average molecular weight is 276 g/mol. The Hall–Kier alpha value is -1.48. The SMILES string of the molecule is OC(c1cccc2ccccc12)C1CCC(F)(F)CC1. The first kappa shape index (κ1) is 13.5. The highest BCUT2D eigenvalue weighted by Gasteiger charge is 2.37. The molecule has 1 aliphatic carbocycles. The molecule has 1 N–H and O–H groups in total. The van der Waals surface area contributed by atoms with Gasteiger partial charge in [-0.05, 0) is 35.1 Å². The summed E-state index contributed by atoms with van der Waals surface area (Å²) >= 11 is 0. The van der Waals surface area contributed by atoms with Crippen molar-refractivity contribution in [3.63, 3.8) is 0 Å². The van der Waals surface area contributed by atoms with Crippen molar-refractivity contribution < 1.29 is 13.9 Å². The van der Waals surface area contributed by atoms with E-state index >= 15 is 0 Å². The second kappa shape index (κ2) is 5.13. The average Bonchev–Trinajstić information content (AvgIpc) is 2.46. The van der Waals surface area contributed by atoms with Gasteiger partial charge in [-0.3, -0.25) is 0 Å². The van der Waals surface area contributed by atoms with Gasteiger partial charge in [-0.25, -0.2) is 8.78 Å². The number of fused-ring (bicyclic) bond motifs is 1. The quantitative estimate of drug-likeness (QED) is 0.843. The van der Waals surface area contributed by atoms with Gasteiger partial charge < -0.3 is 5.11 Å². The van der Waals surface area contributed by atoms with E-state index in [0.717, 1.165) is 16.3 Å². The molecular weight excluding hydrogens is 258 g/mol. The molecule has 3 rings (SSSR count). The maximum Gasteiger partial charge on any atom is 0.248 e. The van der Waals surface area contributed by atoms with Crippen LogP contribution in [-0.2, 0) is 0 Å². The van der Waals surface area contributed by atoms with Gasteiger partial charge in [-0.1, -0.05) is 42.5 Å². The lowest BCUT2D eigenvalue weighted by Gasteiger charge is -2.31. The molecule has 106 valence electrons. The molecule has 0 aliphatic heterocycles. The standard InChI is InChI=1S/C17H18F2O/c18-17(19)10-8-13(9-11-17)16(20)15-7-3-5-12-4-1-2-6-14(12)15/h1-7,13,16,20H,8-11H2. The third kappa shape index (κ3) is 2.55. The Balaban J connectivity index is 1.88. The maximum absolute atomic E-state index is 13.2. The van der Waals surface area contributed by atoms with E-state index < -0.39 is 12.0 Å². The van der Waals surface area contributed by atoms with Crippen LogP contribution >= 0.6 is 0 Å². The van der Waals surface area contributed by atoms with E-state index in [0.29, 0.717) is 12.8 Å². The molecule has 0 heterocycles. The van der Waals surface area contributed by atoms with E-state index in [1.165, 1.54) is 0 Å². The lowest BCUT2D eigenvalue weighted by Crippen LogP contribution is -2.27. The van der Waals surface area contributed by atoms with Crippen LogP contribution in [0, 0.1) is 5.92 Å². The maximum atomic E-state index is 13.2. The van der Waals surface area contributed by atoms with Crippen molar-refractivity contribution in [2.75, 3.05) is 0 Å². The molecule has 1 saturated carbocycles. The lowest BCUT2D eigenvalue weighted by atomic mass is 9.80. The van der Waals surface area contributed by atoms with E-state index in [9.17, 15) is 13.9 Å². The summed E-state index contributed by atoms with van der Waals surface area (Å²) in [6.45, 7) is 0. The molecule has 2 aromatic carbocycles. The number of aliphatic hydroxyl groups excluding tert-OH is 1. The zero-order valence-electron chi connectivity index (χ0n) is 11.2. The minimum Gasteiger partial charge on any atom is -0.388 e. The van der Waals surface area contributed by atoms with Crippen molar-refractivity contribution in [1.29, 1.82) is 0 Å². The summed E-state index contributed by atoms with van der Waals surface area (Å²) in [6, 6.07) is 13.7. The Morgan fingerprint density at radius 1 is 1.00 bits per heavy atom. The van der Waals surface area contributed by atoms with Gasteiger partial charge in [0.05, 0.1) is 6.10 Å². The van der Waals surface area contributed by atoms with Crippen LogP contribution in [0.3, 0.4) is 0 Å². The topological polar surface area (TPSA) is 20.2 Å². The van der Waals surface area contributed by atoms with Crippen LogP contribution in [0.25, 0.3) is 10.8 Å². The number of rotatable bonds is 2. The van der Waals surface area contributed by atoms with Crippen LogP contribution in [0.5, 0.6) is 0 Å². The predicted octanol–water partition coefficient (Wildman–Crippen LogP) is 4.70. The van der Waals surface area contributed by atoms with Crippen LogP contribution in [0.1, 0.15) is 37.4 Å². The molecule has 1 fully saturated rings.